The van der Waals surface area contributed by atoms with Gasteiger partial charge in [0.1, 0.15) is 17.1 Å². The minimum atomic E-state index is -4.80. The van der Waals surface area contributed by atoms with E-state index in [1.165, 1.54) is 6.07 Å². The van der Waals surface area contributed by atoms with Crippen molar-refractivity contribution in [2.24, 2.45) is 11.8 Å². The number of benzene rings is 1. The Morgan fingerprint density at radius 2 is 1.96 bits per heavy atom. The number of allylic oxidation sites excluding steroid dienone is 1. The first kappa shape index (κ1) is 21.3. The van der Waals surface area contributed by atoms with Crippen molar-refractivity contribution in [1.29, 1.82) is 0 Å². The SMILES string of the molecule is C=CC1CCC(CCCC(=O)c2ccc(OCC)c(C(F)(F)F)c2O)CC1. The zero-order valence-electron chi connectivity index (χ0n) is 15.6. The number of hydrogen-bond donors (Lipinski definition) is 1. The molecule has 0 atom stereocenters. The molecule has 2 rings (SSSR count). The number of alkyl halides is 3. The summed E-state index contributed by atoms with van der Waals surface area (Å²) in [5, 5.41) is 10.1. The molecule has 6 heteroatoms. The van der Waals surface area contributed by atoms with Crippen molar-refractivity contribution < 1.29 is 27.8 Å². The first-order valence-corrected chi connectivity index (χ1v) is 9.49. The molecule has 27 heavy (non-hydrogen) atoms. The summed E-state index contributed by atoms with van der Waals surface area (Å²) in [7, 11) is 0. The predicted molar refractivity (Wildman–Crippen MR) is 98.1 cm³/mol. The molecule has 1 saturated carbocycles. The van der Waals surface area contributed by atoms with Crippen molar-refractivity contribution in [3.8, 4) is 11.5 Å². The van der Waals surface area contributed by atoms with E-state index in [0.29, 0.717) is 18.3 Å². The van der Waals surface area contributed by atoms with Crippen LogP contribution in [0, 0.1) is 11.8 Å². The first-order chi connectivity index (χ1) is 12.8. The number of rotatable bonds is 8. The van der Waals surface area contributed by atoms with Crippen molar-refractivity contribution in [3.05, 3.63) is 35.9 Å². The third-order valence-corrected chi connectivity index (χ3v) is 5.26. The van der Waals surface area contributed by atoms with Crippen molar-refractivity contribution in [3.63, 3.8) is 0 Å². The summed E-state index contributed by atoms with van der Waals surface area (Å²) in [6.45, 7) is 5.41. The van der Waals surface area contributed by atoms with E-state index in [9.17, 15) is 23.1 Å². The quantitative estimate of drug-likeness (QED) is 0.432. The Labute approximate surface area is 158 Å². The van der Waals surface area contributed by atoms with Crippen molar-refractivity contribution in [2.75, 3.05) is 6.61 Å². The molecule has 0 radical (unpaired) electrons. The molecular weight excluding hydrogens is 357 g/mol. The van der Waals surface area contributed by atoms with E-state index in [2.05, 4.69) is 6.58 Å². The van der Waals surface area contributed by atoms with Crippen LogP contribution in [-0.2, 0) is 6.18 Å². The maximum atomic E-state index is 13.3. The fourth-order valence-corrected chi connectivity index (χ4v) is 3.75. The topological polar surface area (TPSA) is 46.5 Å². The Hall–Kier alpha value is -1.98. The fraction of sp³-hybridized carbons (Fsp3) is 0.571. The van der Waals surface area contributed by atoms with Crippen LogP contribution in [0.3, 0.4) is 0 Å². The second-order valence-corrected chi connectivity index (χ2v) is 7.10. The molecule has 0 aliphatic heterocycles. The number of phenolic OH excluding ortho intramolecular Hbond substituents is 1. The van der Waals surface area contributed by atoms with Gasteiger partial charge in [-0.1, -0.05) is 12.5 Å². The average molecular weight is 384 g/mol. The van der Waals surface area contributed by atoms with Crippen molar-refractivity contribution >= 4 is 5.78 Å². The second kappa shape index (κ2) is 9.29. The Morgan fingerprint density at radius 1 is 1.30 bits per heavy atom. The molecule has 1 aliphatic carbocycles. The van der Waals surface area contributed by atoms with Crippen LogP contribution in [0.25, 0.3) is 0 Å². The van der Waals surface area contributed by atoms with Crippen LogP contribution in [0.5, 0.6) is 11.5 Å². The van der Waals surface area contributed by atoms with Gasteiger partial charge in [-0.3, -0.25) is 4.79 Å². The zero-order valence-corrected chi connectivity index (χ0v) is 15.6. The number of aromatic hydroxyl groups is 1. The third kappa shape index (κ3) is 5.50. The number of ketones is 1. The summed E-state index contributed by atoms with van der Waals surface area (Å²) < 4.78 is 44.8. The Kier molecular flexibility index (Phi) is 7.33. The smallest absolute Gasteiger partial charge is 0.423 e. The van der Waals surface area contributed by atoms with Gasteiger partial charge in [0.15, 0.2) is 5.78 Å². The summed E-state index contributed by atoms with van der Waals surface area (Å²) in [4.78, 5) is 12.4. The minimum Gasteiger partial charge on any atom is -0.506 e. The van der Waals surface area contributed by atoms with Gasteiger partial charge < -0.3 is 9.84 Å². The summed E-state index contributed by atoms with van der Waals surface area (Å²) in [5.41, 5.74) is -1.57. The number of carbonyl (C=O) groups excluding carboxylic acids is 1. The average Bonchev–Trinajstić information content (AvgIpc) is 2.61. The van der Waals surface area contributed by atoms with Gasteiger partial charge in [0, 0.05) is 6.42 Å². The molecule has 0 heterocycles. The van der Waals surface area contributed by atoms with Gasteiger partial charge in [-0.25, -0.2) is 0 Å². The Morgan fingerprint density at radius 3 is 2.52 bits per heavy atom. The molecule has 0 unspecified atom stereocenters. The fourth-order valence-electron chi connectivity index (χ4n) is 3.75. The molecule has 0 amide bonds. The molecule has 3 nitrogen and oxygen atoms in total. The van der Waals surface area contributed by atoms with Crippen LogP contribution >= 0.6 is 0 Å². The molecule has 150 valence electrons. The van der Waals surface area contributed by atoms with Crippen LogP contribution in [0.1, 0.15) is 67.8 Å². The van der Waals surface area contributed by atoms with E-state index in [1.54, 1.807) is 6.92 Å². The molecule has 0 spiro atoms. The van der Waals surface area contributed by atoms with E-state index in [1.807, 2.05) is 6.08 Å². The lowest BCUT2D eigenvalue weighted by Gasteiger charge is -2.26. The molecule has 1 aromatic rings. The molecule has 0 aromatic heterocycles. The number of halogens is 3. The molecule has 1 aromatic carbocycles. The highest BCUT2D eigenvalue weighted by Gasteiger charge is 2.39. The summed E-state index contributed by atoms with van der Waals surface area (Å²) in [6.07, 6.45) is 3.21. The van der Waals surface area contributed by atoms with Gasteiger partial charge >= 0.3 is 6.18 Å². The Bertz CT molecular complexity index is 659. The lowest BCUT2D eigenvalue weighted by atomic mass is 9.80. The highest BCUT2D eigenvalue weighted by atomic mass is 19.4. The normalized spacial score (nSPS) is 20.3. The number of ether oxygens (including phenoxy) is 1. The van der Waals surface area contributed by atoms with Crippen LogP contribution in [0.15, 0.2) is 24.8 Å². The van der Waals surface area contributed by atoms with Gasteiger partial charge in [-0.05, 0) is 63.0 Å². The van der Waals surface area contributed by atoms with Crippen LogP contribution < -0.4 is 4.74 Å². The van der Waals surface area contributed by atoms with Crippen LogP contribution in [0.2, 0.25) is 0 Å². The van der Waals surface area contributed by atoms with Crippen molar-refractivity contribution in [1.82, 2.24) is 0 Å². The van der Waals surface area contributed by atoms with Crippen LogP contribution in [0.4, 0.5) is 13.2 Å². The lowest BCUT2D eigenvalue weighted by molar-refractivity contribution is -0.140. The van der Waals surface area contributed by atoms with Crippen molar-refractivity contribution in [2.45, 2.75) is 58.0 Å². The van der Waals surface area contributed by atoms with Gasteiger partial charge in [0.2, 0.25) is 0 Å². The summed E-state index contributed by atoms with van der Waals surface area (Å²) >= 11 is 0. The molecule has 1 fully saturated rings. The standard InChI is InChI=1S/C21H27F3O3/c1-3-14-8-10-15(11-9-14)6-5-7-17(25)16-12-13-18(27-4-2)19(20(16)26)21(22,23)24/h3,12-15,26H,1,4-11H2,2H3. The minimum absolute atomic E-state index is 0.0317. The largest absolute Gasteiger partial charge is 0.506 e. The van der Waals surface area contributed by atoms with Gasteiger partial charge in [0.25, 0.3) is 0 Å². The lowest BCUT2D eigenvalue weighted by Crippen LogP contribution is -2.14. The summed E-state index contributed by atoms with van der Waals surface area (Å²) in [5.74, 6) is -0.845. The van der Waals surface area contributed by atoms with Gasteiger partial charge in [-0.2, -0.15) is 13.2 Å². The molecule has 0 bridgehead atoms. The highest BCUT2D eigenvalue weighted by molar-refractivity contribution is 5.99. The number of Topliss-reactive ketones (excluding diaryl/α,β-unsaturated/α-hetero) is 1. The molecule has 0 saturated heterocycles. The van der Waals surface area contributed by atoms with Crippen LogP contribution in [-0.4, -0.2) is 17.5 Å². The Balaban J connectivity index is 2.01. The number of hydrogen-bond acceptors (Lipinski definition) is 3. The number of phenols is 1. The van der Waals surface area contributed by atoms with Gasteiger partial charge in [0.05, 0.1) is 12.2 Å². The highest BCUT2D eigenvalue weighted by Crippen LogP contribution is 2.44. The predicted octanol–water partition coefficient (Wildman–Crippen LogP) is 6.16. The molecule has 1 N–H and O–H groups in total. The third-order valence-electron chi connectivity index (χ3n) is 5.26. The van der Waals surface area contributed by atoms with E-state index < -0.39 is 29.0 Å². The first-order valence-electron chi connectivity index (χ1n) is 9.49. The monoisotopic (exact) mass is 384 g/mol. The summed E-state index contributed by atoms with van der Waals surface area (Å²) in [6, 6.07) is 2.32. The van der Waals surface area contributed by atoms with E-state index in [4.69, 9.17) is 4.74 Å². The zero-order chi connectivity index (χ0) is 20.0. The molecular formula is C21H27F3O3. The molecule has 1 aliphatic rings. The van der Waals surface area contributed by atoms with E-state index >= 15 is 0 Å². The van der Waals surface area contributed by atoms with Gasteiger partial charge in [-0.15, -0.1) is 6.58 Å². The van der Waals surface area contributed by atoms with E-state index in [0.717, 1.165) is 38.2 Å². The maximum absolute atomic E-state index is 13.3. The number of carbonyl (C=O) groups is 1. The second-order valence-electron chi connectivity index (χ2n) is 7.10. The van der Waals surface area contributed by atoms with E-state index in [-0.39, 0.29) is 18.6 Å². The maximum Gasteiger partial charge on any atom is 0.423 e.